The number of carbonyl (C=O) groups excluding carboxylic acids is 3. The third-order valence-electron chi connectivity index (χ3n) is 11.5. The largest absolute Gasteiger partial charge is 0.394 e. The van der Waals surface area contributed by atoms with Crippen LogP contribution in [0.1, 0.15) is 20.8 Å². The topological polar surface area (TPSA) is 454 Å². The standard InChI is InChI=1S/C36H61N3O26/c1-9(44)37-17-24(51)20(47)12(4-40)59-33(17)57-8-16-23(50)30(27(54)32(56)58-16)64-35-19(39-11(3)46)26(53)29(15(7-43)62-35)63-36-28(55)31(22(49)14(6-42)61-36)65-34-18(38-10(2)45)25(52)21(48)13(5-41)60-34/h12-36,40-43,47-56H,4-8H2,1-3H3,(H,37,44)(H,38,45)(H,39,46)/t12-,13-,14-,15-,16-,17-,18-,19-,20-,21-,22+,23+,24-,25-,26-,27-,28-,29-,30+,31+,32?,33-,34+,35+,36+/m1/s1. The number of hydrogen-bond acceptors (Lipinski definition) is 26. The molecule has 17 N–H and O–H groups in total. The van der Waals surface area contributed by atoms with E-state index in [1.54, 1.807) is 0 Å². The highest BCUT2D eigenvalue weighted by molar-refractivity contribution is 5.74. The molecule has 5 rings (SSSR count). The molecular formula is C36H61N3O26. The van der Waals surface area contributed by atoms with Crippen molar-refractivity contribution in [2.75, 3.05) is 33.0 Å². The van der Waals surface area contributed by atoms with Crippen molar-refractivity contribution in [3.8, 4) is 0 Å². The average molecular weight is 952 g/mol. The molecule has 0 aromatic rings. The van der Waals surface area contributed by atoms with Gasteiger partial charge in [-0.2, -0.15) is 0 Å². The van der Waals surface area contributed by atoms with Crippen LogP contribution < -0.4 is 16.0 Å². The van der Waals surface area contributed by atoms with E-state index in [4.69, 9.17) is 42.6 Å². The molecular weight excluding hydrogens is 890 g/mol. The summed E-state index contributed by atoms with van der Waals surface area (Å²) in [6.45, 7) is -1.13. The van der Waals surface area contributed by atoms with Gasteiger partial charge in [0.1, 0.15) is 122 Å². The van der Waals surface area contributed by atoms with Gasteiger partial charge in [-0.3, -0.25) is 14.4 Å². The van der Waals surface area contributed by atoms with Crippen LogP contribution in [0.15, 0.2) is 0 Å². The van der Waals surface area contributed by atoms with Crippen molar-refractivity contribution in [1.29, 1.82) is 0 Å². The fourth-order valence-corrected chi connectivity index (χ4v) is 8.13. The Bertz CT molecular complexity index is 1560. The van der Waals surface area contributed by atoms with Crippen LogP contribution in [-0.4, -0.2) is 276 Å². The molecule has 0 saturated carbocycles. The van der Waals surface area contributed by atoms with Crippen LogP contribution in [0.2, 0.25) is 0 Å². The van der Waals surface area contributed by atoms with Gasteiger partial charge in [0.15, 0.2) is 31.5 Å². The predicted molar refractivity (Wildman–Crippen MR) is 201 cm³/mol. The van der Waals surface area contributed by atoms with Crippen LogP contribution in [0.5, 0.6) is 0 Å². The van der Waals surface area contributed by atoms with Gasteiger partial charge in [-0.15, -0.1) is 0 Å². The number of rotatable bonds is 16. The number of aliphatic hydroxyl groups is 14. The third-order valence-corrected chi connectivity index (χ3v) is 11.5. The van der Waals surface area contributed by atoms with Crippen molar-refractivity contribution in [2.45, 2.75) is 174 Å². The molecule has 5 aliphatic heterocycles. The zero-order valence-electron chi connectivity index (χ0n) is 35.1. The van der Waals surface area contributed by atoms with Gasteiger partial charge in [0.2, 0.25) is 17.7 Å². The molecule has 376 valence electrons. The first-order valence-corrected chi connectivity index (χ1v) is 20.6. The molecule has 5 saturated heterocycles. The minimum atomic E-state index is -2.12. The molecule has 3 amide bonds. The van der Waals surface area contributed by atoms with Crippen molar-refractivity contribution < 1.29 is 129 Å². The van der Waals surface area contributed by atoms with Crippen LogP contribution in [0.4, 0.5) is 0 Å². The van der Waals surface area contributed by atoms with Crippen molar-refractivity contribution in [1.82, 2.24) is 16.0 Å². The molecule has 29 heteroatoms. The Morgan fingerprint density at radius 2 is 0.769 bits per heavy atom. The van der Waals surface area contributed by atoms with Gasteiger partial charge in [-0.25, -0.2) is 0 Å². The molecule has 0 spiro atoms. The Balaban J connectivity index is 1.33. The molecule has 5 heterocycles. The highest BCUT2D eigenvalue weighted by atomic mass is 16.8. The minimum absolute atomic E-state index is 0.670. The summed E-state index contributed by atoms with van der Waals surface area (Å²) in [7, 11) is 0. The zero-order chi connectivity index (χ0) is 48.2. The summed E-state index contributed by atoms with van der Waals surface area (Å²) in [5.41, 5.74) is 0. The van der Waals surface area contributed by atoms with Crippen LogP contribution in [0.25, 0.3) is 0 Å². The second-order valence-corrected chi connectivity index (χ2v) is 16.2. The number of amides is 3. The van der Waals surface area contributed by atoms with Crippen molar-refractivity contribution >= 4 is 17.7 Å². The fourth-order valence-electron chi connectivity index (χ4n) is 8.13. The van der Waals surface area contributed by atoms with E-state index in [1.165, 1.54) is 0 Å². The molecule has 0 aliphatic carbocycles. The molecule has 0 radical (unpaired) electrons. The first-order chi connectivity index (χ1) is 30.7. The van der Waals surface area contributed by atoms with Crippen molar-refractivity contribution in [2.24, 2.45) is 0 Å². The lowest BCUT2D eigenvalue weighted by Crippen LogP contribution is -2.70. The summed E-state index contributed by atoms with van der Waals surface area (Å²) in [6, 6.07) is -4.68. The van der Waals surface area contributed by atoms with Gasteiger partial charge >= 0.3 is 0 Å². The van der Waals surface area contributed by atoms with Gasteiger partial charge in [0, 0.05) is 20.8 Å². The smallest absolute Gasteiger partial charge is 0.217 e. The van der Waals surface area contributed by atoms with Gasteiger partial charge in [-0.1, -0.05) is 0 Å². The van der Waals surface area contributed by atoms with Crippen LogP contribution in [0.3, 0.4) is 0 Å². The summed E-state index contributed by atoms with van der Waals surface area (Å²) < 4.78 is 51.0. The fraction of sp³-hybridized carbons (Fsp3) is 0.917. The monoisotopic (exact) mass is 951 g/mol. The van der Waals surface area contributed by atoms with Gasteiger partial charge < -0.3 is 130 Å². The summed E-state index contributed by atoms with van der Waals surface area (Å²) in [5.74, 6) is -2.21. The molecule has 65 heavy (non-hydrogen) atoms. The molecule has 5 fully saturated rings. The first-order valence-electron chi connectivity index (χ1n) is 20.6. The average Bonchev–Trinajstić information content (AvgIpc) is 3.25. The maximum atomic E-state index is 12.5. The number of nitrogens with one attached hydrogen (secondary N) is 3. The number of hydrogen-bond donors (Lipinski definition) is 17. The lowest BCUT2D eigenvalue weighted by molar-refractivity contribution is -0.377. The molecule has 0 aromatic heterocycles. The molecule has 1 unspecified atom stereocenters. The molecule has 0 bridgehead atoms. The van der Waals surface area contributed by atoms with E-state index in [0.29, 0.717) is 0 Å². The Labute approximate surface area is 369 Å². The van der Waals surface area contributed by atoms with E-state index in [0.717, 1.165) is 20.8 Å². The van der Waals surface area contributed by atoms with E-state index in [-0.39, 0.29) is 0 Å². The Kier molecular flexibility index (Phi) is 19.1. The maximum Gasteiger partial charge on any atom is 0.217 e. The Morgan fingerprint density at radius 1 is 0.400 bits per heavy atom. The van der Waals surface area contributed by atoms with E-state index >= 15 is 0 Å². The van der Waals surface area contributed by atoms with Crippen LogP contribution in [-0.2, 0) is 57.0 Å². The minimum Gasteiger partial charge on any atom is -0.394 e. The Hall–Kier alpha value is -2.51. The highest BCUT2D eigenvalue weighted by Crippen LogP contribution is 2.35. The van der Waals surface area contributed by atoms with Gasteiger partial charge in [0.05, 0.1) is 33.0 Å². The highest BCUT2D eigenvalue weighted by Gasteiger charge is 2.56. The van der Waals surface area contributed by atoms with Gasteiger partial charge in [-0.05, 0) is 0 Å². The second kappa shape index (κ2) is 23.2. The number of aliphatic hydroxyl groups excluding tert-OH is 14. The molecule has 29 nitrogen and oxygen atoms in total. The normalized spacial score (nSPS) is 47.1. The van der Waals surface area contributed by atoms with E-state index in [1.807, 2.05) is 0 Å². The van der Waals surface area contributed by atoms with E-state index in [2.05, 4.69) is 16.0 Å². The SMILES string of the molecule is CC(=O)N[C@H]1[C@H](O[C@H]2[C@@H](O)[C@@H](CO[C@@H]3O[C@H](CO)[C@@H](O)[C@H](O)[C@H]3NC(C)=O)OC(O)[C@@H]2O)O[C@H](CO)[C@@H](O[C@@H]2O[C@H](CO)[C@H](O)[C@H](O[C@@H]3O[C@H](CO)[C@@H](O)[C@H](O)[C@H]3NC(C)=O)[C@H]2O)[C@@H]1O. The summed E-state index contributed by atoms with van der Waals surface area (Å²) in [5, 5.41) is 156. The van der Waals surface area contributed by atoms with Crippen molar-refractivity contribution in [3.05, 3.63) is 0 Å². The summed E-state index contributed by atoms with van der Waals surface area (Å²) in [4.78, 5) is 36.3. The second-order valence-electron chi connectivity index (χ2n) is 16.2. The van der Waals surface area contributed by atoms with E-state index in [9.17, 15) is 85.9 Å². The lowest BCUT2D eigenvalue weighted by atomic mass is 9.94. The quantitative estimate of drug-likeness (QED) is 0.0683. The number of carbonyl (C=O) groups is 3. The molecule has 25 atom stereocenters. The van der Waals surface area contributed by atoms with Crippen LogP contribution in [0, 0.1) is 0 Å². The number of ether oxygens (including phenoxy) is 9. The van der Waals surface area contributed by atoms with Crippen LogP contribution >= 0.6 is 0 Å². The maximum absolute atomic E-state index is 12.5. The third kappa shape index (κ3) is 12.0. The Morgan fingerprint density at radius 3 is 1.25 bits per heavy atom. The lowest BCUT2D eigenvalue weighted by Gasteiger charge is -2.50. The molecule has 0 aromatic carbocycles. The predicted octanol–water partition coefficient (Wildman–Crippen LogP) is -11.5. The van der Waals surface area contributed by atoms with Gasteiger partial charge in [0.25, 0.3) is 0 Å². The van der Waals surface area contributed by atoms with E-state index < -0.39 is 204 Å². The first kappa shape index (κ1) is 53.4. The molecule has 5 aliphatic rings. The zero-order valence-corrected chi connectivity index (χ0v) is 35.1. The summed E-state index contributed by atoms with van der Waals surface area (Å²) in [6.07, 6.45) is -39.7. The summed E-state index contributed by atoms with van der Waals surface area (Å²) >= 11 is 0. The van der Waals surface area contributed by atoms with Crippen molar-refractivity contribution in [3.63, 3.8) is 0 Å².